The first-order valence-electron chi connectivity index (χ1n) is 25.1. The van der Waals surface area contributed by atoms with Crippen LogP contribution in [0.5, 0.6) is 0 Å². The minimum Gasteiger partial charge on any atom is -0.284 e. The number of nitrogens with zero attached hydrogens (tertiary/aromatic N) is 1. The van der Waals surface area contributed by atoms with Crippen molar-refractivity contribution in [3.05, 3.63) is 338 Å². The number of rotatable bonds is 9. The Hall–Kier alpha value is -8.12. The summed E-state index contributed by atoms with van der Waals surface area (Å²) in [7, 11) is 0. The van der Waals surface area contributed by atoms with Gasteiger partial charge in [-0.1, -0.05) is 237 Å². The quantitative estimate of drug-likeness (QED) is 0.139. The molecular weight excluding hydrogens is 939 g/mol. The van der Waals surface area contributed by atoms with Gasteiger partial charge in [-0.2, -0.15) is 0 Å². The van der Waals surface area contributed by atoms with Crippen molar-refractivity contribution in [1.29, 1.82) is 0 Å². The molecular formula is C69H45NS3. The van der Waals surface area contributed by atoms with Crippen LogP contribution in [-0.4, -0.2) is 0 Å². The Bertz CT molecular complexity index is 3510. The SMILES string of the molecule is c1ccc(C2(c3ccc(N(c4ccc(C5(c6ccccc6)c6ccccc6-c6ccccc65)s4)c4ccc(C5(c6ccccc6)c6ccccc6-c6ccccc65)s4)s3)c3ccccc3-c3ccccc32)cc1. The number of thiophene rings is 3. The minimum absolute atomic E-state index is 0.506. The maximum Gasteiger partial charge on any atom is 0.101 e. The van der Waals surface area contributed by atoms with E-state index in [4.69, 9.17) is 0 Å². The van der Waals surface area contributed by atoms with Gasteiger partial charge in [-0.3, -0.25) is 4.90 Å². The van der Waals surface area contributed by atoms with Gasteiger partial charge in [0.05, 0.1) is 16.2 Å². The van der Waals surface area contributed by atoms with E-state index in [0.717, 1.165) is 0 Å². The van der Waals surface area contributed by atoms with Gasteiger partial charge in [-0.25, -0.2) is 0 Å². The largest absolute Gasteiger partial charge is 0.284 e. The van der Waals surface area contributed by atoms with Gasteiger partial charge in [0.2, 0.25) is 0 Å². The standard InChI is InChI=1S/C69H45NS3/c1-4-22-46(23-5-1)67(55-34-16-10-28-49(55)50-29-11-17-35-56(50)67)61-40-43-64(71-61)70(65-44-41-62(72-65)68(47-24-6-2-7-25-47)57-36-18-12-30-51(57)52-31-13-19-37-58(52)68)66-45-42-63(73-66)69(48-26-8-3-9-27-48)59-38-20-14-32-53(59)54-33-15-21-39-60(54)69/h1-45H. The van der Waals surface area contributed by atoms with Crippen molar-refractivity contribution < 1.29 is 0 Å². The molecule has 0 unspecified atom stereocenters. The third-order valence-electron chi connectivity index (χ3n) is 16.0. The fourth-order valence-electron chi connectivity index (χ4n) is 13.2. The summed E-state index contributed by atoms with van der Waals surface area (Å²) in [6.07, 6.45) is 0. The van der Waals surface area contributed by atoms with Gasteiger partial charge in [0, 0.05) is 14.6 Å². The molecule has 15 rings (SSSR count). The minimum atomic E-state index is -0.506. The number of hydrogen-bond donors (Lipinski definition) is 0. The Kier molecular flexibility index (Phi) is 9.59. The molecule has 9 aromatic carbocycles. The third-order valence-corrected chi connectivity index (χ3v) is 19.6. The summed E-state index contributed by atoms with van der Waals surface area (Å²) in [6.45, 7) is 0. The van der Waals surface area contributed by atoms with Crippen molar-refractivity contribution in [1.82, 2.24) is 0 Å². The van der Waals surface area contributed by atoms with E-state index in [0.29, 0.717) is 0 Å². The molecule has 0 saturated carbocycles. The summed E-state index contributed by atoms with van der Waals surface area (Å²) in [5, 5.41) is 3.53. The molecule has 3 aliphatic carbocycles. The molecule has 0 radical (unpaired) electrons. The number of hydrogen-bond acceptors (Lipinski definition) is 4. The van der Waals surface area contributed by atoms with Crippen LogP contribution < -0.4 is 4.90 Å². The van der Waals surface area contributed by atoms with E-state index >= 15 is 0 Å². The van der Waals surface area contributed by atoms with Crippen LogP contribution in [0.25, 0.3) is 33.4 Å². The summed E-state index contributed by atoms with van der Waals surface area (Å²) < 4.78 is 0. The van der Waals surface area contributed by atoms with Crippen molar-refractivity contribution in [2.75, 3.05) is 4.90 Å². The molecule has 3 aromatic heterocycles. The molecule has 0 bridgehead atoms. The second kappa shape index (κ2) is 16.5. The molecule has 1 nitrogen and oxygen atoms in total. The zero-order chi connectivity index (χ0) is 48.1. The van der Waals surface area contributed by atoms with Crippen molar-refractivity contribution >= 4 is 49.0 Å². The Morgan fingerprint density at radius 3 is 0.644 bits per heavy atom. The molecule has 4 heteroatoms. The van der Waals surface area contributed by atoms with Crippen LogP contribution in [0.2, 0.25) is 0 Å². The van der Waals surface area contributed by atoms with E-state index in [9.17, 15) is 0 Å². The van der Waals surface area contributed by atoms with Crippen LogP contribution in [0.3, 0.4) is 0 Å². The molecule has 12 aromatic rings. The summed E-state index contributed by atoms with van der Waals surface area (Å²) >= 11 is 5.75. The predicted molar refractivity (Wildman–Crippen MR) is 307 cm³/mol. The summed E-state index contributed by atoms with van der Waals surface area (Å²) in [5.41, 5.74) is 18.0. The van der Waals surface area contributed by atoms with Crippen LogP contribution in [-0.2, 0) is 16.2 Å². The average Bonchev–Trinajstić information content (AvgIpc) is 4.35. The lowest BCUT2D eigenvalue weighted by atomic mass is 9.71. The summed E-state index contributed by atoms with van der Waals surface area (Å²) in [5.74, 6) is 0. The highest BCUT2D eigenvalue weighted by atomic mass is 32.1. The van der Waals surface area contributed by atoms with Gasteiger partial charge in [0.25, 0.3) is 0 Å². The van der Waals surface area contributed by atoms with Gasteiger partial charge in [0.15, 0.2) is 0 Å². The second-order valence-electron chi connectivity index (χ2n) is 19.4. The van der Waals surface area contributed by atoms with Gasteiger partial charge in [-0.05, 0) is 120 Å². The fourth-order valence-corrected chi connectivity index (χ4v) is 17.2. The zero-order valence-corrected chi connectivity index (χ0v) is 42.1. The van der Waals surface area contributed by atoms with Crippen LogP contribution in [0.4, 0.5) is 15.0 Å². The zero-order valence-electron chi connectivity index (χ0n) is 39.7. The lowest BCUT2D eigenvalue weighted by Gasteiger charge is -2.33. The van der Waals surface area contributed by atoms with Crippen LogP contribution in [0, 0.1) is 0 Å². The molecule has 3 aliphatic rings. The second-order valence-corrected chi connectivity index (χ2v) is 22.6. The molecule has 344 valence electrons. The fraction of sp³-hybridized carbons (Fsp3) is 0.0435. The van der Waals surface area contributed by atoms with Crippen molar-refractivity contribution in [3.63, 3.8) is 0 Å². The lowest BCUT2D eigenvalue weighted by Crippen LogP contribution is -2.27. The average molecular weight is 984 g/mol. The Morgan fingerprint density at radius 1 is 0.205 bits per heavy atom. The molecule has 0 amide bonds. The number of anilines is 3. The Balaban J connectivity index is 0.981. The first-order valence-corrected chi connectivity index (χ1v) is 27.5. The van der Waals surface area contributed by atoms with Crippen LogP contribution in [0.1, 0.15) is 64.7 Å². The van der Waals surface area contributed by atoms with Crippen LogP contribution >= 0.6 is 34.0 Å². The van der Waals surface area contributed by atoms with Gasteiger partial charge < -0.3 is 0 Å². The van der Waals surface area contributed by atoms with E-state index in [1.165, 1.54) is 113 Å². The molecule has 3 heterocycles. The number of benzene rings is 9. The molecule has 0 spiro atoms. The van der Waals surface area contributed by atoms with Crippen molar-refractivity contribution in [3.8, 4) is 33.4 Å². The van der Waals surface area contributed by atoms with Gasteiger partial charge >= 0.3 is 0 Å². The third kappa shape index (κ3) is 5.83. The Morgan fingerprint density at radius 2 is 0.411 bits per heavy atom. The highest BCUT2D eigenvalue weighted by Crippen LogP contribution is 2.63. The molecule has 0 aliphatic heterocycles. The molecule has 0 atom stereocenters. The van der Waals surface area contributed by atoms with Crippen LogP contribution in [0.15, 0.2) is 273 Å². The van der Waals surface area contributed by atoms with E-state index < -0.39 is 16.2 Å². The topological polar surface area (TPSA) is 3.24 Å². The first kappa shape index (κ1) is 42.6. The molecule has 0 fully saturated rings. The monoisotopic (exact) mass is 983 g/mol. The maximum atomic E-state index is 2.58. The Labute approximate surface area is 438 Å². The van der Waals surface area contributed by atoms with Crippen molar-refractivity contribution in [2.24, 2.45) is 0 Å². The smallest absolute Gasteiger partial charge is 0.101 e. The van der Waals surface area contributed by atoms with Gasteiger partial charge in [-0.15, -0.1) is 34.0 Å². The highest BCUT2D eigenvalue weighted by Gasteiger charge is 2.50. The van der Waals surface area contributed by atoms with E-state index in [1.807, 2.05) is 34.0 Å². The van der Waals surface area contributed by atoms with Gasteiger partial charge in [0.1, 0.15) is 15.0 Å². The first-order chi connectivity index (χ1) is 36.2. The van der Waals surface area contributed by atoms with E-state index in [2.05, 4.69) is 278 Å². The number of fused-ring (bicyclic) bond motifs is 9. The predicted octanol–water partition coefficient (Wildman–Crippen LogP) is 18.4. The van der Waals surface area contributed by atoms with E-state index in [1.54, 1.807) is 0 Å². The summed E-state index contributed by atoms with van der Waals surface area (Å²) in [6, 6.07) is 102. The molecule has 0 saturated heterocycles. The van der Waals surface area contributed by atoms with E-state index in [-0.39, 0.29) is 0 Å². The maximum absolute atomic E-state index is 2.58. The molecule has 0 N–H and O–H groups in total. The summed E-state index contributed by atoms with van der Waals surface area (Å²) in [4.78, 5) is 6.47. The molecule has 73 heavy (non-hydrogen) atoms. The van der Waals surface area contributed by atoms with Crippen molar-refractivity contribution in [2.45, 2.75) is 16.2 Å². The normalized spacial score (nSPS) is 14.6. The lowest BCUT2D eigenvalue weighted by molar-refractivity contribution is 0.787. The highest BCUT2D eigenvalue weighted by molar-refractivity contribution is 7.21.